The van der Waals surface area contributed by atoms with Gasteiger partial charge in [0.2, 0.25) is 5.91 Å². The highest BCUT2D eigenvalue weighted by molar-refractivity contribution is 6.08. The van der Waals surface area contributed by atoms with Gasteiger partial charge < -0.3 is 10.2 Å². The number of ketones is 1. The Labute approximate surface area is 195 Å². The van der Waals surface area contributed by atoms with Crippen molar-refractivity contribution in [2.24, 2.45) is 4.99 Å². The van der Waals surface area contributed by atoms with E-state index in [1.807, 2.05) is 73.7 Å². The van der Waals surface area contributed by atoms with Gasteiger partial charge in [-0.2, -0.15) is 0 Å². The van der Waals surface area contributed by atoms with Crippen LogP contribution in [0.15, 0.2) is 77.8 Å². The minimum Gasteiger partial charge on any atom is -0.351 e. The molecule has 2 aromatic rings. The largest absolute Gasteiger partial charge is 0.351 e. The zero-order valence-electron chi connectivity index (χ0n) is 19.3. The molecule has 0 fully saturated rings. The number of para-hydroxylation sites is 1. The maximum atomic E-state index is 13.3. The van der Waals surface area contributed by atoms with E-state index in [4.69, 9.17) is 0 Å². The summed E-state index contributed by atoms with van der Waals surface area (Å²) in [5.41, 5.74) is 3.01. The van der Waals surface area contributed by atoms with Crippen molar-refractivity contribution >= 4 is 29.2 Å². The Morgan fingerprint density at radius 3 is 2.64 bits per heavy atom. The number of carbonyl (C=O) groups is 2. The summed E-state index contributed by atoms with van der Waals surface area (Å²) in [6, 6.07) is 18.0. The standard InChI is InChI=1S/C28H31N3O2/c1-3-4-6-15-27(33)30-26-20-31(24-14-10-9-13-23(24)19-29-26)28(2)18-22(16-17-25(28)32)21-11-7-5-8-12-21/h5,7-14,16-19,26H,3-4,6,15,20H2,1-2H3,(H,30,33)/t26-,28?/m0/s1. The maximum Gasteiger partial charge on any atom is 0.221 e. The van der Waals surface area contributed by atoms with E-state index in [9.17, 15) is 9.59 Å². The summed E-state index contributed by atoms with van der Waals surface area (Å²) in [7, 11) is 0. The Balaban J connectivity index is 1.68. The average molecular weight is 442 g/mol. The van der Waals surface area contributed by atoms with Crippen LogP contribution < -0.4 is 10.2 Å². The summed E-state index contributed by atoms with van der Waals surface area (Å²) >= 11 is 0. The minimum absolute atomic E-state index is 0.00274. The number of benzodiazepines with no additional fused rings is 1. The number of allylic oxidation sites excluding steroid dienone is 2. The van der Waals surface area contributed by atoms with Crippen LogP contribution in [0.5, 0.6) is 0 Å². The molecule has 0 saturated carbocycles. The number of nitrogens with zero attached hydrogens (tertiary/aromatic N) is 2. The molecule has 33 heavy (non-hydrogen) atoms. The Kier molecular flexibility index (Phi) is 6.87. The zero-order valence-corrected chi connectivity index (χ0v) is 19.3. The molecule has 0 saturated heterocycles. The van der Waals surface area contributed by atoms with Gasteiger partial charge in [-0.3, -0.25) is 14.6 Å². The van der Waals surface area contributed by atoms with E-state index in [1.54, 1.807) is 12.3 Å². The van der Waals surface area contributed by atoms with Gasteiger partial charge in [-0.15, -0.1) is 0 Å². The van der Waals surface area contributed by atoms with Crippen LogP contribution >= 0.6 is 0 Å². The van der Waals surface area contributed by atoms with Gasteiger partial charge in [-0.25, -0.2) is 0 Å². The third-order valence-electron chi connectivity index (χ3n) is 6.33. The SMILES string of the molecule is CCCCCC(=O)N[C@H]1CN(C2(C)C=C(c3ccccc3)C=CC2=O)c2ccccc2C=N1. The van der Waals surface area contributed by atoms with Crippen LogP contribution in [0.25, 0.3) is 5.57 Å². The number of benzene rings is 2. The lowest BCUT2D eigenvalue weighted by Gasteiger charge is -2.42. The number of hydrogen-bond acceptors (Lipinski definition) is 4. The van der Waals surface area contributed by atoms with Crippen molar-refractivity contribution in [3.8, 4) is 0 Å². The van der Waals surface area contributed by atoms with Crippen molar-refractivity contribution in [1.82, 2.24) is 5.32 Å². The lowest BCUT2D eigenvalue weighted by atomic mass is 9.84. The summed E-state index contributed by atoms with van der Waals surface area (Å²) < 4.78 is 0. The second kappa shape index (κ2) is 9.99. The molecule has 0 radical (unpaired) electrons. The van der Waals surface area contributed by atoms with Crippen LogP contribution in [0.2, 0.25) is 0 Å². The monoisotopic (exact) mass is 441 g/mol. The Morgan fingerprint density at radius 1 is 1.09 bits per heavy atom. The molecule has 1 aliphatic carbocycles. The second-order valence-electron chi connectivity index (χ2n) is 8.80. The van der Waals surface area contributed by atoms with E-state index in [0.29, 0.717) is 13.0 Å². The summed E-state index contributed by atoms with van der Waals surface area (Å²) in [4.78, 5) is 32.6. The third-order valence-corrected chi connectivity index (χ3v) is 6.33. The molecule has 170 valence electrons. The molecular weight excluding hydrogens is 410 g/mol. The number of rotatable bonds is 7. The molecule has 4 rings (SSSR count). The molecule has 2 atom stereocenters. The number of amides is 1. The normalized spacial score (nSPS) is 21.9. The lowest BCUT2D eigenvalue weighted by Crippen LogP contribution is -2.56. The molecule has 2 aromatic carbocycles. The topological polar surface area (TPSA) is 61.8 Å². The van der Waals surface area contributed by atoms with Crippen LogP contribution in [0.1, 0.15) is 50.7 Å². The fourth-order valence-corrected chi connectivity index (χ4v) is 4.42. The van der Waals surface area contributed by atoms with E-state index in [2.05, 4.69) is 22.1 Å². The number of hydrogen-bond donors (Lipinski definition) is 1. The first-order valence-electron chi connectivity index (χ1n) is 11.7. The number of unbranched alkanes of at least 4 members (excludes halogenated alkanes) is 2. The predicted molar refractivity (Wildman–Crippen MR) is 134 cm³/mol. The van der Waals surface area contributed by atoms with E-state index >= 15 is 0 Å². The van der Waals surface area contributed by atoms with Gasteiger partial charge in [-0.1, -0.05) is 74.4 Å². The molecule has 1 aliphatic heterocycles. The Bertz CT molecular complexity index is 1100. The molecule has 1 N–H and O–H groups in total. The highest BCUT2D eigenvalue weighted by Gasteiger charge is 2.40. The molecule has 0 aromatic heterocycles. The molecule has 0 spiro atoms. The van der Waals surface area contributed by atoms with Gasteiger partial charge in [-0.05, 0) is 42.7 Å². The van der Waals surface area contributed by atoms with Crippen molar-refractivity contribution in [1.29, 1.82) is 0 Å². The smallest absolute Gasteiger partial charge is 0.221 e. The minimum atomic E-state index is -0.908. The number of nitrogens with one attached hydrogen (secondary N) is 1. The van der Waals surface area contributed by atoms with Crippen LogP contribution in [0.3, 0.4) is 0 Å². The van der Waals surface area contributed by atoms with Crippen molar-refractivity contribution < 1.29 is 9.59 Å². The van der Waals surface area contributed by atoms with Gasteiger partial charge >= 0.3 is 0 Å². The Hall–Kier alpha value is -3.47. The third kappa shape index (κ3) is 4.98. The molecule has 1 heterocycles. The molecule has 1 unspecified atom stereocenters. The predicted octanol–water partition coefficient (Wildman–Crippen LogP) is 4.93. The van der Waals surface area contributed by atoms with E-state index in [1.165, 1.54) is 0 Å². The maximum absolute atomic E-state index is 13.3. The first kappa shape index (κ1) is 22.7. The summed E-state index contributed by atoms with van der Waals surface area (Å²) in [5, 5.41) is 3.07. The van der Waals surface area contributed by atoms with E-state index < -0.39 is 11.7 Å². The molecule has 1 amide bonds. The van der Waals surface area contributed by atoms with E-state index in [0.717, 1.165) is 41.6 Å². The van der Waals surface area contributed by atoms with Gasteiger partial charge in [0.1, 0.15) is 11.7 Å². The molecule has 0 bridgehead atoms. The van der Waals surface area contributed by atoms with Crippen LogP contribution in [0.4, 0.5) is 5.69 Å². The summed E-state index contributed by atoms with van der Waals surface area (Å²) in [5.74, 6) is 0.00366. The fourth-order valence-electron chi connectivity index (χ4n) is 4.42. The summed E-state index contributed by atoms with van der Waals surface area (Å²) in [6.07, 6.45) is 10.4. The first-order valence-corrected chi connectivity index (χ1v) is 11.7. The molecule has 2 aliphatic rings. The quantitative estimate of drug-likeness (QED) is 0.620. The average Bonchev–Trinajstić information content (AvgIpc) is 3.02. The fraction of sp³-hybridized carbons (Fsp3) is 0.321. The van der Waals surface area contributed by atoms with Crippen LogP contribution in [-0.2, 0) is 9.59 Å². The number of carbonyl (C=O) groups excluding carboxylic acids is 2. The molecule has 5 heteroatoms. The van der Waals surface area contributed by atoms with Crippen molar-refractivity contribution in [2.75, 3.05) is 11.4 Å². The zero-order chi connectivity index (χ0) is 23.3. The number of aliphatic imine (C=N–C) groups is 1. The first-order chi connectivity index (χ1) is 16.0. The van der Waals surface area contributed by atoms with E-state index in [-0.39, 0.29) is 11.7 Å². The highest BCUT2D eigenvalue weighted by Crippen LogP contribution is 2.35. The lowest BCUT2D eigenvalue weighted by molar-refractivity contribution is -0.121. The van der Waals surface area contributed by atoms with Gasteiger partial charge in [0, 0.05) is 23.9 Å². The molecule has 5 nitrogen and oxygen atoms in total. The van der Waals surface area contributed by atoms with Crippen molar-refractivity contribution in [2.45, 2.75) is 51.2 Å². The summed E-state index contributed by atoms with van der Waals surface area (Å²) in [6.45, 7) is 4.47. The van der Waals surface area contributed by atoms with Gasteiger partial charge in [0.05, 0.1) is 6.54 Å². The van der Waals surface area contributed by atoms with Crippen LogP contribution in [-0.4, -0.2) is 36.2 Å². The van der Waals surface area contributed by atoms with Crippen molar-refractivity contribution in [3.63, 3.8) is 0 Å². The highest BCUT2D eigenvalue weighted by atomic mass is 16.2. The molecular formula is C28H31N3O2. The number of anilines is 1. The van der Waals surface area contributed by atoms with Gasteiger partial charge in [0.25, 0.3) is 0 Å². The van der Waals surface area contributed by atoms with Crippen molar-refractivity contribution in [3.05, 3.63) is 84.0 Å². The second-order valence-corrected chi connectivity index (χ2v) is 8.80. The van der Waals surface area contributed by atoms with Crippen LogP contribution in [0, 0.1) is 0 Å². The number of fused-ring (bicyclic) bond motifs is 1. The van der Waals surface area contributed by atoms with Gasteiger partial charge in [0.15, 0.2) is 5.78 Å². The Morgan fingerprint density at radius 2 is 1.85 bits per heavy atom.